The largest absolute Gasteiger partial charge is 0.508 e. The van der Waals surface area contributed by atoms with E-state index in [1.807, 2.05) is 13.8 Å². The second-order valence-corrected chi connectivity index (χ2v) is 7.09. The molecule has 3 rings (SSSR count). The maximum Gasteiger partial charge on any atom is 0.295 e. The number of benzene rings is 2. The first-order chi connectivity index (χ1) is 11.3. The van der Waals surface area contributed by atoms with Crippen molar-refractivity contribution >= 4 is 21.2 Å². The minimum atomic E-state index is -4.46. The summed E-state index contributed by atoms with van der Waals surface area (Å²) in [6.45, 7) is 3.83. The second kappa shape index (κ2) is 5.88. The molecule has 0 radical (unpaired) electrons. The number of aromatic hydroxyl groups is 1. The van der Waals surface area contributed by atoms with Crippen LogP contribution >= 0.6 is 0 Å². The summed E-state index contributed by atoms with van der Waals surface area (Å²) in [5, 5.41) is 20.7. The Hall–Kier alpha value is -2.45. The lowest BCUT2D eigenvalue weighted by Crippen LogP contribution is -2.06. The Balaban J connectivity index is 2.40. The number of nitrogens with zero attached hydrogens (tertiary/aromatic N) is 2. The van der Waals surface area contributed by atoms with E-state index in [2.05, 4.69) is 15.4 Å². The predicted octanol–water partition coefficient (Wildman–Crippen LogP) is 3.09. The highest BCUT2D eigenvalue weighted by Crippen LogP contribution is 2.41. The molecule has 0 saturated heterocycles. The van der Waals surface area contributed by atoms with Gasteiger partial charge in [-0.1, -0.05) is 25.1 Å². The number of H-pyrrole nitrogens is 1. The molecule has 3 aromatic rings. The van der Waals surface area contributed by atoms with Crippen LogP contribution in [0.4, 0.5) is 0 Å². The molecule has 7 nitrogen and oxygen atoms in total. The van der Waals surface area contributed by atoms with Gasteiger partial charge in [0, 0.05) is 11.1 Å². The molecular weight excluding hydrogens is 330 g/mol. The van der Waals surface area contributed by atoms with Crippen LogP contribution in [-0.2, 0) is 10.1 Å². The van der Waals surface area contributed by atoms with Crippen LogP contribution in [0.15, 0.2) is 35.2 Å². The molecule has 0 aliphatic heterocycles. The topological polar surface area (TPSA) is 116 Å². The standard InChI is InChI=1S/C16H17N3O4S/c1-3-9(2)15-13(20)6-7-14(24(21,22)23)16(15)10-4-5-11-12(8-10)18-19-17-11/h4-9,20H,3H2,1-2H3,(H,17,18,19)(H,21,22,23). The highest BCUT2D eigenvalue weighted by molar-refractivity contribution is 7.86. The molecule has 0 aliphatic carbocycles. The van der Waals surface area contributed by atoms with Gasteiger partial charge in [0.25, 0.3) is 10.1 Å². The molecule has 1 aromatic heterocycles. The Kier molecular flexibility index (Phi) is 4.02. The predicted molar refractivity (Wildman–Crippen MR) is 89.5 cm³/mol. The highest BCUT2D eigenvalue weighted by atomic mass is 32.2. The number of aromatic amines is 1. The third-order valence-electron chi connectivity index (χ3n) is 4.18. The molecule has 24 heavy (non-hydrogen) atoms. The fourth-order valence-corrected chi connectivity index (χ4v) is 3.53. The number of fused-ring (bicyclic) bond motifs is 1. The normalized spacial score (nSPS) is 13.3. The molecule has 0 aliphatic rings. The van der Waals surface area contributed by atoms with Gasteiger partial charge in [0.2, 0.25) is 0 Å². The fraction of sp³-hybridized carbons (Fsp3) is 0.250. The Morgan fingerprint density at radius 2 is 2.00 bits per heavy atom. The van der Waals surface area contributed by atoms with Crippen LogP contribution in [0.5, 0.6) is 5.75 Å². The van der Waals surface area contributed by atoms with Crippen molar-refractivity contribution in [2.45, 2.75) is 31.1 Å². The van der Waals surface area contributed by atoms with E-state index in [-0.39, 0.29) is 22.1 Å². The molecule has 1 atom stereocenters. The van der Waals surface area contributed by atoms with E-state index >= 15 is 0 Å². The molecule has 8 heteroatoms. The van der Waals surface area contributed by atoms with Crippen LogP contribution in [0.3, 0.4) is 0 Å². The molecule has 126 valence electrons. The zero-order valence-electron chi connectivity index (χ0n) is 13.2. The minimum absolute atomic E-state index is 0.00741. The summed E-state index contributed by atoms with van der Waals surface area (Å²) in [6, 6.07) is 7.61. The average Bonchev–Trinajstić information content (AvgIpc) is 3.00. The van der Waals surface area contributed by atoms with E-state index < -0.39 is 10.1 Å². The van der Waals surface area contributed by atoms with Crippen LogP contribution < -0.4 is 0 Å². The number of phenolic OH excluding ortho intramolecular Hbond substituents is 1. The number of aromatic nitrogens is 3. The van der Waals surface area contributed by atoms with Gasteiger partial charge in [-0.25, -0.2) is 0 Å². The average molecular weight is 347 g/mol. The van der Waals surface area contributed by atoms with Crippen LogP contribution in [0.25, 0.3) is 22.2 Å². The van der Waals surface area contributed by atoms with Crippen molar-refractivity contribution in [1.82, 2.24) is 15.4 Å². The molecule has 1 heterocycles. The maximum atomic E-state index is 11.9. The summed E-state index contributed by atoms with van der Waals surface area (Å²) in [4.78, 5) is -0.238. The molecule has 0 amide bonds. The number of hydrogen-bond acceptors (Lipinski definition) is 5. The molecule has 0 spiro atoms. The molecule has 1 unspecified atom stereocenters. The quantitative estimate of drug-likeness (QED) is 0.625. The Morgan fingerprint density at radius 1 is 1.25 bits per heavy atom. The van der Waals surface area contributed by atoms with Gasteiger partial charge in [0.15, 0.2) is 0 Å². The molecule has 0 bridgehead atoms. The first-order valence-electron chi connectivity index (χ1n) is 7.47. The first kappa shape index (κ1) is 16.4. The summed E-state index contributed by atoms with van der Waals surface area (Å²) in [5.74, 6) is -0.110. The van der Waals surface area contributed by atoms with Crippen molar-refractivity contribution in [3.8, 4) is 16.9 Å². The van der Waals surface area contributed by atoms with Gasteiger partial charge in [-0.15, -0.1) is 5.10 Å². The number of nitrogens with one attached hydrogen (secondary N) is 1. The van der Waals surface area contributed by atoms with Gasteiger partial charge in [0.05, 0.1) is 5.52 Å². The van der Waals surface area contributed by atoms with Crippen molar-refractivity contribution in [2.24, 2.45) is 0 Å². The van der Waals surface area contributed by atoms with Crippen molar-refractivity contribution in [3.05, 3.63) is 35.9 Å². The summed E-state index contributed by atoms with van der Waals surface area (Å²) in [7, 11) is -4.46. The molecule has 2 aromatic carbocycles. The van der Waals surface area contributed by atoms with E-state index in [1.165, 1.54) is 12.1 Å². The lowest BCUT2D eigenvalue weighted by atomic mass is 9.89. The first-order valence-corrected chi connectivity index (χ1v) is 8.91. The number of rotatable bonds is 4. The van der Waals surface area contributed by atoms with Gasteiger partial charge in [-0.2, -0.15) is 8.42 Å². The Bertz CT molecular complexity index is 1010. The van der Waals surface area contributed by atoms with Gasteiger partial charge in [-0.3, -0.25) is 9.65 Å². The zero-order chi connectivity index (χ0) is 17.5. The molecule has 0 saturated carbocycles. The van der Waals surface area contributed by atoms with Gasteiger partial charge in [-0.05, 0) is 42.2 Å². The lowest BCUT2D eigenvalue weighted by molar-refractivity contribution is 0.460. The monoisotopic (exact) mass is 347 g/mol. The van der Waals surface area contributed by atoms with Crippen LogP contribution in [-0.4, -0.2) is 33.5 Å². The SMILES string of the molecule is CCC(C)c1c(O)ccc(S(=O)(=O)O)c1-c1ccc2[nH]nnc2c1. The van der Waals surface area contributed by atoms with E-state index in [1.54, 1.807) is 18.2 Å². The van der Waals surface area contributed by atoms with Gasteiger partial charge >= 0.3 is 0 Å². The van der Waals surface area contributed by atoms with Crippen LogP contribution in [0, 0.1) is 0 Å². The van der Waals surface area contributed by atoms with Crippen molar-refractivity contribution in [1.29, 1.82) is 0 Å². The third-order valence-corrected chi connectivity index (χ3v) is 5.08. The second-order valence-electron chi connectivity index (χ2n) is 5.70. The number of phenols is 1. The molecule has 0 fully saturated rings. The fourth-order valence-electron chi connectivity index (χ4n) is 2.80. The number of hydrogen-bond donors (Lipinski definition) is 3. The zero-order valence-corrected chi connectivity index (χ0v) is 14.0. The molecular formula is C16H17N3O4S. The van der Waals surface area contributed by atoms with E-state index in [4.69, 9.17) is 0 Å². The van der Waals surface area contributed by atoms with E-state index in [9.17, 15) is 18.1 Å². The Labute approximate surface area is 139 Å². The summed E-state index contributed by atoms with van der Waals surface area (Å²) in [6.07, 6.45) is 0.696. The molecule has 3 N–H and O–H groups in total. The van der Waals surface area contributed by atoms with Gasteiger partial charge < -0.3 is 5.11 Å². The summed E-state index contributed by atoms with van der Waals surface area (Å²) in [5.41, 5.74) is 2.58. The van der Waals surface area contributed by atoms with Crippen molar-refractivity contribution in [2.75, 3.05) is 0 Å². The van der Waals surface area contributed by atoms with Crippen LogP contribution in [0.1, 0.15) is 31.7 Å². The van der Waals surface area contributed by atoms with E-state index in [0.29, 0.717) is 28.6 Å². The van der Waals surface area contributed by atoms with Crippen molar-refractivity contribution < 1.29 is 18.1 Å². The van der Waals surface area contributed by atoms with E-state index in [0.717, 1.165) is 0 Å². The Morgan fingerprint density at radius 3 is 2.67 bits per heavy atom. The van der Waals surface area contributed by atoms with Crippen molar-refractivity contribution in [3.63, 3.8) is 0 Å². The minimum Gasteiger partial charge on any atom is -0.508 e. The summed E-state index contributed by atoms with van der Waals surface area (Å²) >= 11 is 0. The van der Waals surface area contributed by atoms with Crippen LogP contribution in [0.2, 0.25) is 0 Å². The van der Waals surface area contributed by atoms with Gasteiger partial charge in [0.1, 0.15) is 16.2 Å². The third kappa shape index (κ3) is 2.74. The highest BCUT2D eigenvalue weighted by Gasteiger charge is 2.25. The summed E-state index contributed by atoms with van der Waals surface area (Å²) < 4.78 is 33.3. The lowest BCUT2D eigenvalue weighted by Gasteiger charge is -2.19. The smallest absolute Gasteiger partial charge is 0.295 e. The maximum absolute atomic E-state index is 11.9.